The lowest BCUT2D eigenvalue weighted by Crippen LogP contribution is -2.45. The second-order valence-corrected chi connectivity index (χ2v) is 10.0. The number of carbonyl (C=O) groups is 2. The number of hydrogen-bond acceptors (Lipinski definition) is 4. The van der Waals surface area contributed by atoms with E-state index in [4.69, 9.17) is 23.2 Å². The maximum absolute atomic E-state index is 13.6. The van der Waals surface area contributed by atoms with Crippen LogP contribution in [0.3, 0.4) is 0 Å². The van der Waals surface area contributed by atoms with Gasteiger partial charge in [0.25, 0.3) is 5.91 Å². The Hall–Kier alpha value is -2.71. The molecule has 9 heteroatoms. The van der Waals surface area contributed by atoms with Crippen LogP contribution in [0.25, 0.3) is 0 Å². The van der Waals surface area contributed by atoms with Gasteiger partial charge in [0.2, 0.25) is 15.9 Å². The van der Waals surface area contributed by atoms with Gasteiger partial charge in [-0.2, -0.15) is 4.31 Å². The summed E-state index contributed by atoms with van der Waals surface area (Å²) in [6, 6.07) is 19.7. The zero-order chi connectivity index (χ0) is 22.9. The van der Waals surface area contributed by atoms with Gasteiger partial charge in [-0.1, -0.05) is 53.5 Å². The molecule has 2 amide bonds. The van der Waals surface area contributed by atoms with Gasteiger partial charge in [0.15, 0.2) is 0 Å². The van der Waals surface area contributed by atoms with Crippen molar-refractivity contribution in [1.29, 1.82) is 0 Å². The molecule has 0 aliphatic carbocycles. The minimum Gasteiger partial charge on any atom is -0.274 e. The lowest BCUT2D eigenvalue weighted by Gasteiger charge is -2.27. The summed E-state index contributed by atoms with van der Waals surface area (Å²) in [4.78, 5) is 27.1. The number of benzene rings is 3. The third-order valence-electron chi connectivity index (χ3n) is 5.16. The molecule has 1 unspecified atom stereocenters. The molecule has 1 heterocycles. The van der Waals surface area contributed by atoms with Crippen molar-refractivity contribution >= 4 is 50.7 Å². The first-order valence-electron chi connectivity index (χ1n) is 9.71. The van der Waals surface area contributed by atoms with Gasteiger partial charge in [0.1, 0.15) is 6.04 Å². The number of sulfonamides is 1. The average molecular weight is 489 g/mol. The fourth-order valence-corrected chi connectivity index (χ4v) is 5.39. The minimum atomic E-state index is -4.11. The number of hydrogen-bond donors (Lipinski definition) is 0. The molecule has 0 radical (unpaired) electrons. The Morgan fingerprint density at radius 1 is 0.844 bits per heavy atom. The van der Waals surface area contributed by atoms with E-state index in [1.54, 1.807) is 48.5 Å². The maximum Gasteiger partial charge on any atom is 0.252 e. The maximum atomic E-state index is 13.6. The van der Waals surface area contributed by atoms with E-state index in [2.05, 4.69) is 0 Å². The van der Waals surface area contributed by atoms with Crippen LogP contribution < -0.4 is 4.90 Å². The molecule has 4 rings (SSSR count). The lowest BCUT2D eigenvalue weighted by molar-refractivity contribution is -0.122. The third-order valence-corrected chi connectivity index (χ3v) is 7.53. The van der Waals surface area contributed by atoms with Crippen LogP contribution in [0.5, 0.6) is 0 Å². The van der Waals surface area contributed by atoms with Crippen molar-refractivity contribution in [3.05, 3.63) is 94.5 Å². The number of nitrogens with zero attached hydrogens (tertiary/aromatic N) is 2. The third kappa shape index (κ3) is 4.42. The molecule has 0 saturated carbocycles. The molecule has 1 aliphatic heterocycles. The van der Waals surface area contributed by atoms with Crippen molar-refractivity contribution in [3.8, 4) is 0 Å². The van der Waals surface area contributed by atoms with Crippen LogP contribution in [0, 0.1) is 0 Å². The number of carbonyl (C=O) groups excluding carboxylic acids is 2. The van der Waals surface area contributed by atoms with Crippen molar-refractivity contribution in [2.45, 2.75) is 23.9 Å². The van der Waals surface area contributed by atoms with Crippen molar-refractivity contribution in [3.63, 3.8) is 0 Å². The van der Waals surface area contributed by atoms with Crippen molar-refractivity contribution < 1.29 is 18.0 Å². The minimum absolute atomic E-state index is 0.0111. The Morgan fingerprint density at radius 3 is 2.00 bits per heavy atom. The summed E-state index contributed by atoms with van der Waals surface area (Å²) in [5.74, 6) is -1.09. The molecule has 0 bridgehead atoms. The first-order chi connectivity index (χ1) is 15.3. The predicted octanol–water partition coefficient (Wildman–Crippen LogP) is 4.52. The zero-order valence-electron chi connectivity index (χ0n) is 16.7. The number of amides is 2. The molecule has 1 fully saturated rings. The van der Waals surface area contributed by atoms with Gasteiger partial charge >= 0.3 is 0 Å². The summed E-state index contributed by atoms with van der Waals surface area (Å²) in [6.45, 7) is -0.0655. The van der Waals surface area contributed by atoms with Gasteiger partial charge in [-0.3, -0.25) is 9.59 Å². The Bertz CT molecular complexity index is 1250. The fourth-order valence-electron chi connectivity index (χ4n) is 3.57. The number of rotatable bonds is 6. The molecule has 1 aliphatic rings. The largest absolute Gasteiger partial charge is 0.274 e. The molecule has 32 heavy (non-hydrogen) atoms. The van der Waals surface area contributed by atoms with E-state index < -0.39 is 27.9 Å². The SMILES string of the molecule is O=C1CC(N(Cc2ccccc2)S(=O)(=O)c2ccc(Cl)cc2)C(=O)N1c1ccc(Cl)cc1. The highest BCUT2D eigenvalue weighted by atomic mass is 35.5. The van der Waals surface area contributed by atoms with Crippen LogP contribution in [-0.2, 0) is 26.2 Å². The van der Waals surface area contributed by atoms with E-state index in [-0.39, 0.29) is 17.9 Å². The zero-order valence-corrected chi connectivity index (χ0v) is 19.0. The molecular formula is C23H18Cl2N2O4S. The van der Waals surface area contributed by atoms with Crippen molar-refractivity contribution in [1.82, 2.24) is 4.31 Å². The number of imide groups is 1. The first-order valence-corrected chi connectivity index (χ1v) is 11.9. The van der Waals surface area contributed by atoms with E-state index in [9.17, 15) is 18.0 Å². The van der Waals surface area contributed by atoms with E-state index in [1.807, 2.05) is 6.07 Å². The molecule has 0 spiro atoms. The summed E-state index contributed by atoms with van der Waals surface area (Å²) < 4.78 is 28.2. The monoisotopic (exact) mass is 488 g/mol. The van der Waals surface area contributed by atoms with Crippen LogP contribution in [0.2, 0.25) is 10.0 Å². The standard InChI is InChI=1S/C23H18Cl2N2O4S/c24-17-6-10-19(11-7-17)27-22(28)14-21(23(27)29)26(15-16-4-2-1-3-5-16)32(30,31)20-12-8-18(25)9-13-20/h1-13,21H,14-15H2. The van der Waals surface area contributed by atoms with Crippen LogP contribution in [0.4, 0.5) is 5.69 Å². The quantitative estimate of drug-likeness (QED) is 0.478. The fraction of sp³-hybridized carbons (Fsp3) is 0.130. The summed E-state index contributed by atoms with van der Waals surface area (Å²) >= 11 is 11.8. The van der Waals surface area contributed by atoms with Crippen molar-refractivity contribution in [2.24, 2.45) is 0 Å². The highest BCUT2D eigenvalue weighted by molar-refractivity contribution is 7.89. The molecule has 0 aromatic heterocycles. The second-order valence-electron chi connectivity index (χ2n) is 7.25. The van der Waals surface area contributed by atoms with Crippen LogP contribution in [0.15, 0.2) is 83.8 Å². The molecule has 3 aromatic rings. The highest BCUT2D eigenvalue weighted by Gasteiger charge is 2.46. The van der Waals surface area contributed by atoms with Crippen LogP contribution in [0.1, 0.15) is 12.0 Å². The van der Waals surface area contributed by atoms with Gasteiger partial charge in [0, 0.05) is 16.6 Å². The lowest BCUT2D eigenvalue weighted by atomic mass is 10.2. The molecule has 1 saturated heterocycles. The second kappa shape index (κ2) is 9.03. The summed E-state index contributed by atoms with van der Waals surface area (Å²) in [5.41, 5.74) is 1.03. The molecule has 6 nitrogen and oxygen atoms in total. The molecule has 164 valence electrons. The van der Waals surface area contributed by atoms with Crippen LogP contribution >= 0.6 is 23.2 Å². The van der Waals surface area contributed by atoms with Gasteiger partial charge in [-0.05, 0) is 54.1 Å². The summed E-state index contributed by atoms with van der Waals surface area (Å²) in [6.07, 6.45) is -0.263. The highest BCUT2D eigenvalue weighted by Crippen LogP contribution is 2.31. The van der Waals surface area contributed by atoms with E-state index in [0.29, 0.717) is 21.3 Å². The van der Waals surface area contributed by atoms with E-state index in [0.717, 1.165) is 9.21 Å². The van der Waals surface area contributed by atoms with E-state index in [1.165, 1.54) is 24.3 Å². The number of anilines is 1. The smallest absolute Gasteiger partial charge is 0.252 e. The summed E-state index contributed by atoms with van der Waals surface area (Å²) in [7, 11) is -4.11. The Morgan fingerprint density at radius 2 is 1.41 bits per heavy atom. The summed E-state index contributed by atoms with van der Waals surface area (Å²) in [5, 5.41) is 0.847. The molecular weight excluding hydrogens is 471 g/mol. The first kappa shape index (κ1) is 22.5. The van der Waals surface area contributed by atoms with Gasteiger partial charge in [-0.25, -0.2) is 13.3 Å². The number of halogens is 2. The molecule has 3 aromatic carbocycles. The van der Waals surface area contributed by atoms with Crippen LogP contribution in [-0.4, -0.2) is 30.6 Å². The molecule has 0 N–H and O–H groups in total. The average Bonchev–Trinajstić information content (AvgIpc) is 3.07. The Kier molecular flexibility index (Phi) is 6.35. The topological polar surface area (TPSA) is 74.8 Å². The Labute approximate surface area is 196 Å². The Balaban J connectivity index is 1.74. The molecule has 1 atom stereocenters. The predicted molar refractivity (Wildman–Crippen MR) is 123 cm³/mol. The van der Waals surface area contributed by atoms with Gasteiger partial charge < -0.3 is 0 Å². The van der Waals surface area contributed by atoms with E-state index >= 15 is 0 Å². The van der Waals surface area contributed by atoms with Gasteiger partial charge in [0.05, 0.1) is 17.0 Å². The van der Waals surface area contributed by atoms with Crippen molar-refractivity contribution in [2.75, 3.05) is 4.90 Å². The van der Waals surface area contributed by atoms with Gasteiger partial charge in [-0.15, -0.1) is 0 Å². The normalized spacial score (nSPS) is 16.7.